The van der Waals surface area contributed by atoms with Crippen LogP contribution >= 0.6 is 0 Å². The van der Waals surface area contributed by atoms with Gasteiger partial charge in [0.05, 0.1) is 11.1 Å². The van der Waals surface area contributed by atoms with Gasteiger partial charge in [0, 0.05) is 16.8 Å². The molecule has 0 atom stereocenters. The van der Waals surface area contributed by atoms with Crippen molar-refractivity contribution in [2.45, 2.75) is 5.41 Å². The van der Waals surface area contributed by atoms with Gasteiger partial charge in [-0.3, -0.25) is 0 Å². The fourth-order valence-corrected chi connectivity index (χ4v) is 9.73. The SMILES string of the molecule is c1ccc(-c2ccc(-c3ccc(N(c4ccccc4)c4cc5c(c6ccccc46)C(c4ccccc4)(c4ccccc4)c4cccc(-c6ccccc6)c4-5)cc3)cc2)cc1. The van der Waals surface area contributed by atoms with Gasteiger partial charge in [-0.15, -0.1) is 0 Å². The zero-order chi connectivity index (χ0) is 39.9. The Morgan fingerprint density at radius 3 is 1.30 bits per heavy atom. The van der Waals surface area contributed by atoms with Crippen molar-refractivity contribution in [3.8, 4) is 44.5 Å². The summed E-state index contributed by atoms with van der Waals surface area (Å²) in [6.07, 6.45) is 0. The highest BCUT2D eigenvalue weighted by Crippen LogP contribution is 2.61. The van der Waals surface area contributed by atoms with Gasteiger partial charge in [0.25, 0.3) is 0 Å². The summed E-state index contributed by atoms with van der Waals surface area (Å²) in [5, 5.41) is 2.44. The second-order valence-electron chi connectivity index (χ2n) is 15.6. The van der Waals surface area contributed by atoms with E-state index in [1.165, 1.54) is 77.5 Å². The predicted molar refractivity (Wildman–Crippen MR) is 252 cm³/mol. The Labute approximate surface area is 352 Å². The highest BCUT2D eigenvalue weighted by Gasteiger charge is 2.48. The summed E-state index contributed by atoms with van der Waals surface area (Å²) in [7, 11) is 0. The fraction of sp³-hybridized carbons (Fsp3) is 0.0169. The summed E-state index contributed by atoms with van der Waals surface area (Å²) >= 11 is 0. The number of fused-ring (bicyclic) bond motifs is 5. The van der Waals surface area contributed by atoms with Crippen LogP contribution in [0, 0.1) is 0 Å². The molecule has 0 saturated heterocycles. The molecule has 0 spiro atoms. The van der Waals surface area contributed by atoms with E-state index in [0.717, 1.165) is 17.1 Å². The lowest BCUT2D eigenvalue weighted by Crippen LogP contribution is -2.29. The molecule has 1 nitrogen and oxygen atoms in total. The van der Waals surface area contributed by atoms with Gasteiger partial charge >= 0.3 is 0 Å². The van der Waals surface area contributed by atoms with Gasteiger partial charge in [-0.25, -0.2) is 0 Å². The van der Waals surface area contributed by atoms with E-state index in [2.05, 4.69) is 254 Å². The molecule has 0 heterocycles. The third-order valence-corrected chi connectivity index (χ3v) is 12.3. The maximum Gasteiger partial charge on any atom is 0.0719 e. The predicted octanol–water partition coefficient (Wildman–Crippen LogP) is 15.7. The highest BCUT2D eigenvalue weighted by molar-refractivity contribution is 6.10. The number of nitrogens with zero attached hydrogens (tertiary/aromatic N) is 1. The van der Waals surface area contributed by atoms with Crippen molar-refractivity contribution < 1.29 is 0 Å². The van der Waals surface area contributed by atoms with Crippen molar-refractivity contribution in [2.24, 2.45) is 0 Å². The van der Waals surface area contributed by atoms with Gasteiger partial charge in [0.1, 0.15) is 0 Å². The molecule has 10 aromatic rings. The summed E-state index contributed by atoms with van der Waals surface area (Å²) in [5.41, 5.74) is 17.7. The van der Waals surface area contributed by atoms with E-state index in [1.54, 1.807) is 0 Å². The molecule has 0 amide bonds. The molecule has 10 aromatic carbocycles. The second kappa shape index (κ2) is 14.9. The van der Waals surface area contributed by atoms with Crippen molar-refractivity contribution in [3.63, 3.8) is 0 Å². The van der Waals surface area contributed by atoms with E-state index < -0.39 is 5.41 Å². The molecule has 1 heteroatoms. The van der Waals surface area contributed by atoms with Gasteiger partial charge in [0.15, 0.2) is 0 Å². The minimum absolute atomic E-state index is 0.564. The van der Waals surface area contributed by atoms with Crippen LogP contribution in [0.1, 0.15) is 22.3 Å². The average molecular weight is 764 g/mol. The maximum atomic E-state index is 2.49. The van der Waals surface area contributed by atoms with E-state index >= 15 is 0 Å². The van der Waals surface area contributed by atoms with Gasteiger partial charge < -0.3 is 4.90 Å². The summed E-state index contributed by atoms with van der Waals surface area (Å²) < 4.78 is 0. The summed E-state index contributed by atoms with van der Waals surface area (Å²) in [6.45, 7) is 0. The Bertz CT molecular complexity index is 3050. The monoisotopic (exact) mass is 763 g/mol. The van der Waals surface area contributed by atoms with Crippen LogP contribution in [0.3, 0.4) is 0 Å². The molecular weight excluding hydrogens is 723 g/mol. The van der Waals surface area contributed by atoms with Crippen molar-refractivity contribution >= 4 is 27.8 Å². The fourth-order valence-electron chi connectivity index (χ4n) is 9.73. The number of hydrogen-bond donors (Lipinski definition) is 0. The Hall–Kier alpha value is -7.74. The van der Waals surface area contributed by atoms with Crippen molar-refractivity contribution in [1.82, 2.24) is 0 Å². The first-order valence-electron chi connectivity index (χ1n) is 20.8. The second-order valence-corrected chi connectivity index (χ2v) is 15.6. The topological polar surface area (TPSA) is 3.24 Å². The Morgan fingerprint density at radius 2 is 0.733 bits per heavy atom. The Morgan fingerprint density at radius 1 is 0.300 bits per heavy atom. The van der Waals surface area contributed by atoms with Crippen LogP contribution < -0.4 is 4.90 Å². The van der Waals surface area contributed by atoms with Gasteiger partial charge in [0.2, 0.25) is 0 Å². The largest absolute Gasteiger partial charge is 0.310 e. The minimum atomic E-state index is -0.564. The molecule has 60 heavy (non-hydrogen) atoms. The lowest BCUT2D eigenvalue weighted by molar-refractivity contribution is 0.775. The lowest BCUT2D eigenvalue weighted by Gasteiger charge is -2.35. The van der Waals surface area contributed by atoms with E-state index in [9.17, 15) is 0 Å². The van der Waals surface area contributed by atoms with Gasteiger partial charge in [-0.05, 0) is 102 Å². The van der Waals surface area contributed by atoms with E-state index in [-0.39, 0.29) is 0 Å². The smallest absolute Gasteiger partial charge is 0.0719 e. The van der Waals surface area contributed by atoms with Crippen LogP contribution in [-0.2, 0) is 5.41 Å². The minimum Gasteiger partial charge on any atom is -0.310 e. The summed E-state index contributed by atoms with van der Waals surface area (Å²) in [6, 6.07) is 91.0. The molecule has 282 valence electrons. The molecule has 0 unspecified atom stereocenters. The van der Waals surface area contributed by atoms with Crippen molar-refractivity contribution in [2.75, 3.05) is 4.90 Å². The molecule has 0 aliphatic heterocycles. The molecular formula is C59H41N. The molecule has 0 bridgehead atoms. The molecule has 0 N–H and O–H groups in total. The van der Waals surface area contributed by atoms with Crippen LogP contribution in [0.25, 0.3) is 55.3 Å². The molecule has 0 fully saturated rings. The van der Waals surface area contributed by atoms with E-state index in [0.29, 0.717) is 0 Å². The third kappa shape index (κ3) is 5.78. The first-order chi connectivity index (χ1) is 29.8. The Kier molecular flexibility index (Phi) is 8.79. The summed E-state index contributed by atoms with van der Waals surface area (Å²) in [5.74, 6) is 0. The van der Waals surface area contributed by atoms with Crippen LogP contribution in [0.15, 0.2) is 249 Å². The zero-order valence-electron chi connectivity index (χ0n) is 33.1. The molecule has 0 aromatic heterocycles. The van der Waals surface area contributed by atoms with E-state index in [1.807, 2.05) is 0 Å². The molecule has 0 radical (unpaired) electrons. The zero-order valence-corrected chi connectivity index (χ0v) is 33.1. The first-order valence-corrected chi connectivity index (χ1v) is 20.8. The third-order valence-electron chi connectivity index (χ3n) is 12.3. The van der Waals surface area contributed by atoms with Gasteiger partial charge in [-0.1, -0.05) is 218 Å². The summed E-state index contributed by atoms with van der Waals surface area (Å²) in [4.78, 5) is 2.45. The number of rotatable bonds is 8. The van der Waals surface area contributed by atoms with Crippen LogP contribution in [0.2, 0.25) is 0 Å². The average Bonchev–Trinajstić information content (AvgIpc) is 3.65. The normalized spacial score (nSPS) is 12.5. The molecule has 11 rings (SSSR count). The standard InChI is InChI=1S/C59H41N/c1-6-19-42(20-7-1)43-33-35-44(36-34-43)45-37-39-50(40-38-45)60(49-27-14-5-15-28-49)56-41-54-57-51(46-21-8-2-9-22-46)31-18-32-55(57)59(47-23-10-3-11-24-47,48-25-12-4-13-26-48)58(54)53-30-17-16-29-52(53)56/h1-41H. The van der Waals surface area contributed by atoms with Crippen molar-refractivity contribution in [1.29, 1.82) is 0 Å². The first kappa shape index (κ1) is 35.4. The van der Waals surface area contributed by atoms with Crippen molar-refractivity contribution in [3.05, 3.63) is 271 Å². The van der Waals surface area contributed by atoms with Crippen LogP contribution in [0.4, 0.5) is 17.1 Å². The molecule has 1 aliphatic carbocycles. The Balaban J connectivity index is 1.17. The lowest BCUT2D eigenvalue weighted by atomic mass is 9.66. The molecule has 0 saturated carbocycles. The maximum absolute atomic E-state index is 2.49. The number of hydrogen-bond acceptors (Lipinski definition) is 1. The van der Waals surface area contributed by atoms with Crippen LogP contribution in [0.5, 0.6) is 0 Å². The quantitative estimate of drug-likeness (QED) is 0.149. The number of benzene rings is 10. The van der Waals surface area contributed by atoms with Gasteiger partial charge in [-0.2, -0.15) is 0 Å². The number of para-hydroxylation sites is 1. The molecule has 1 aliphatic rings. The number of anilines is 3. The van der Waals surface area contributed by atoms with Crippen LogP contribution in [-0.4, -0.2) is 0 Å². The highest BCUT2D eigenvalue weighted by atomic mass is 15.1. The van der Waals surface area contributed by atoms with E-state index in [4.69, 9.17) is 0 Å².